The fourth-order valence-corrected chi connectivity index (χ4v) is 3.60. The van der Waals surface area contributed by atoms with E-state index in [1.165, 1.54) is 13.8 Å². The standard InChI is InChI=1S/C22H24N2O6/c1-5-29-22(28)19-18(13(3)25)14(4)30-21(19)23-20(27)15-10-17(26)24(11-15)16-8-6-7-12(2)9-16/h6-9,15H,5,10-11H2,1-4H3,(H,23,27). The molecule has 3 rings (SSSR count). The van der Waals surface area contributed by atoms with E-state index in [4.69, 9.17) is 9.15 Å². The number of nitrogens with zero attached hydrogens (tertiary/aromatic N) is 1. The summed E-state index contributed by atoms with van der Waals surface area (Å²) in [5.74, 6) is -2.30. The zero-order chi connectivity index (χ0) is 22.0. The molecule has 0 radical (unpaired) electrons. The van der Waals surface area contributed by atoms with Gasteiger partial charge in [0.25, 0.3) is 0 Å². The van der Waals surface area contributed by atoms with Gasteiger partial charge >= 0.3 is 5.97 Å². The number of furan rings is 1. The van der Waals surface area contributed by atoms with E-state index in [-0.39, 0.29) is 54.0 Å². The SMILES string of the molecule is CCOC(=O)c1c(NC(=O)C2CC(=O)N(c3cccc(C)c3)C2)oc(C)c1C(C)=O. The second-order valence-electron chi connectivity index (χ2n) is 7.25. The molecule has 0 aliphatic carbocycles. The molecule has 1 aromatic carbocycles. The van der Waals surface area contributed by atoms with E-state index in [1.54, 1.807) is 11.8 Å². The molecule has 2 aromatic rings. The lowest BCUT2D eigenvalue weighted by molar-refractivity contribution is -0.122. The Balaban J connectivity index is 1.83. The third kappa shape index (κ3) is 4.12. The van der Waals surface area contributed by atoms with Crippen LogP contribution in [0.1, 0.15) is 52.3 Å². The van der Waals surface area contributed by atoms with E-state index in [1.807, 2.05) is 31.2 Å². The van der Waals surface area contributed by atoms with Crippen LogP contribution in [0.25, 0.3) is 0 Å². The van der Waals surface area contributed by atoms with E-state index in [0.717, 1.165) is 11.3 Å². The highest BCUT2D eigenvalue weighted by Gasteiger charge is 2.37. The molecular formula is C22H24N2O6. The molecule has 2 heterocycles. The van der Waals surface area contributed by atoms with Crippen LogP contribution in [0.4, 0.5) is 11.6 Å². The average Bonchev–Trinajstić information content (AvgIpc) is 3.22. The molecule has 8 nitrogen and oxygen atoms in total. The summed E-state index contributed by atoms with van der Waals surface area (Å²) in [6, 6.07) is 7.48. The molecule has 8 heteroatoms. The first kappa shape index (κ1) is 21.3. The van der Waals surface area contributed by atoms with Crippen LogP contribution in [-0.4, -0.2) is 36.7 Å². The van der Waals surface area contributed by atoms with Crippen LogP contribution in [0.5, 0.6) is 0 Å². The molecular weight excluding hydrogens is 388 g/mol. The van der Waals surface area contributed by atoms with Crippen molar-refractivity contribution < 1.29 is 28.3 Å². The molecule has 1 atom stereocenters. The number of hydrogen-bond acceptors (Lipinski definition) is 6. The molecule has 1 N–H and O–H groups in total. The lowest BCUT2D eigenvalue weighted by atomic mass is 10.1. The van der Waals surface area contributed by atoms with E-state index >= 15 is 0 Å². The summed E-state index contributed by atoms with van der Waals surface area (Å²) in [4.78, 5) is 51.2. The van der Waals surface area contributed by atoms with Crippen molar-refractivity contribution in [2.45, 2.75) is 34.1 Å². The summed E-state index contributed by atoms with van der Waals surface area (Å²) in [6.45, 7) is 6.73. The van der Waals surface area contributed by atoms with Crippen molar-refractivity contribution in [2.75, 3.05) is 23.4 Å². The zero-order valence-electron chi connectivity index (χ0n) is 17.4. The zero-order valence-corrected chi connectivity index (χ0v) is 17.4. The quantitative estimate of drug-likeness (QED) is 0.577. The molecule has 0 bridgehead atoms. The van der Waals surface area contributed by atoms with Gasteiger partial charge in [-0.2, -0.15) is 0 Å². The second-order valence-corrected chi connectivity index (χ2v) is 7.25. The molecule has 2 amide bonds. The Morgan fingerprint density at radius 2 is 1.97 bits per heavy atom. The highest BCUT2D eigenvalue weighted by Crippen LogP contribution is 2.31. The van der Waals surface area contributed by atoms with Crippen LogP contribution >= 0.6 is 0 Å². The van der Waals surface area contributed by atoms with Crippen molar-refractivity contribution in [1.82, 2.24) is 0 Å². The number of anilines is 2. The molecule has 1 unspecified atom stereocenters. The van der Waals surface area contributed by atoms with Gasteiger partial charge in [-0.05, 0) is 45.4 Å². The van der Waals surface area contributed by atoms with Gasteiger partial charge in [-0.25, -0.2) is 4.79 Å². The largest absolute Gasteiger partial charge is 0.462 e. The number of nitrogens with one attached hydrogen (secondary N) is 1. The number of esters is 1. The van der Waals surface area contributed by atoms with Crippen LogP contribution in [0, 0.1) is 19.8 Å². The van der Waals surface area contributed by atoms with Gasteiger partial charge in [0.1, 0.15) is 11.3 Å². The van der Waals surface area contributed by atoms with E-state index in [0.29, 0.717) is 0 Å². The monoisotopic (exact) mass is 412 g/mol. The Morgan fingerprint density at radius 3 is 2.60 bits per heavy atom. The summed E-state index contributed by atoms with van der Waals surface area (Å²) >= 11 is 0. The third-order valence-electron chi connectivity index (χ3n) is 4.96. The molecule has 0 saturated carbocycles. The van der Waals surface area contributed by atoms with Gasteiger partial charge in [-0.15, -0.1) is 0 Å². The van der Waals surface area contributed by atoms with E-state index in [2.05, 4.69) is 5.32 Å². The fourth-order valence-electron chi connectivity index (χ4n) is 3.60. The van der Waals surface area contributed by atoms with Crippen LogP contribution in [-0.2, 0) is 14.3 Å². The van der Waals surface area contributed by atoms with Gasteiger partial charge in [0.2, 0.25) is 17.7 Å². The topological polar surface area (TPSA) is 106 Å². The molecule has 30 heavy (non-hydrogen) atoms. The Labute approximate surface area is 174 Å². The number of ether oxygens (including phenoxy) is 1. The van der Waals surface area contributed by atoms with Crippen molar-refractivity contribution in [3.8, 4) is 0 Å². The van der Waals surface area contributed by atoms with Gasteiger partial charge in [0, 0.05) is 18.7 Å². The van der Waals surface area contributed by atoms with Crippen molar-refractivity contribution in [1.29, 1.82) is 0 Å². The Morgan fingerprint density at radius 1 is 1.23 bits per heavy atom. The van der Waals surface area contributed by atoms with Gasteiger partial charge in [0.05, 0.1) is 18.1 Å². The number of benzene rings is 1. The maximum Gasteiger partial charge on any atom is 0.344 e. The average molecular weight is 412 g/mol. The minimum atomic E-state index is -0.751. The van der Waals surface area contributed by atoms with Gasteiger partial charge in [-0.3, -0.25) is 19.7 Å². The fraction of sp³-hybridized carbons (Fsp3) is 0.364. The molecule has 1 aliphatic rings. The van der Waals surface area contributed by atoms with Crippen molar-refractivity contribution in [3.63, 3.8) is 0 Å². The summed E-state index contributed by atoms with van der Waals surface area (Å²) in [5, 5.41) is 2.57. The minimum absolute atomic E-state index is 0.0355. The summed E-state index contributed by atoms with van der Waals surface area (Å²) in [7, 11) is 0. The highest BCUT2D eigenvalue weighted by atomic mass is 16.5. The Hall–Kier alpha value is -3.42. The van der Waals surface area contributed by atoms with Gasteiger partial charge < -0.3 is 14.1 Å². The van der Waals surface area contributed by atoms with Crippen LogP contribution in [0.15, 0.2) is 28.7 Å². The number of rotatable bonds is 6. The first-order valence-electron chi connectivity index (χ1n) is 9.72. The number of Topliss-reactive ketones (excluding diaryl/α,β-unsaturated/α-hetero) is 1. The van der Waals surface area contributed by atoms with Crippen LogP contribution in [0.2, 0.25) is 0 Å². The maximum atomic E-state index is 12.8. The van der Waals surface area contributed by atoms with Crippen molar-refractivity contribution in [2.24, 2.45) is 5.92 Å². The number of carbonyl (C=O) groups is 4. The Bertz CT molecular complexity index is 1020. The highest BCUT2D eigenvalue weighted by molar-refractivity contribution is 6.11. The molecule has 1 aliphatic heterocycles. The second kappa shape index (κ2) is 8.52. The number of ketones is 1. The van der Waals surface area contributed by atoms with Gasteiger partial charge in [-0.1, -0.05) is 12.1 Å². The van der Waals surface area contributed by atoms with Crippen LogP contribution < -0.4 is 10.2 Å². The molecule has 0 spiro atoms. The molecule has 1 aromatic heterocycles. The van der Waals surface area contributed by atoms with E-state index in [9.17, 15) is 19.2 Å². The molecule has 1 saturated heterocycles. The molecule has 158 valence electrons. The number of aryl methyl sites for hydroxylation is 2. The normalized spacial score (nSPS) is 15.9. The summed E-state index contributed by atoms with van der Waals surface area (Å²) in [6.07, 6.45) is 0.0355. The predicted molar refractivity (Wildman–Crippen MR) is 110 cm³/mol. The van der Waals surface area contributed by atoms with Crippen molar-refractivity contribution in [3.05, 3.63) is 46.7 Å². The smallest absolute Gasteiger partial charge is 0.344 e. The number of hydrogen-bond donors (Lipinski definition) is 1. The first-order chi connectivity index (χ1) is 14.2. The van der Waals surface area contributed by atoms with Gasteiger partial charge in [0.15, 0.2) is 5.78 Å². The Kier molecular flexibility index (Phi) is 6.05. The number of amides is 2. The minimum Gasteiger partial charge on any atom is -0.462 e. The summed E-state index contributed by atoms with van der Waals surface area (Å²) in [5.41, 5.74) is 1.72. The third-order valence-corrected chi connectivity index (χ3v) is 4.96. The lowest BCUT2D eigenvalue weighted by Gasteiger charge is -2.17. The van der Waals surface area contributed by atoms with E-state index < -0.39 is 17.8 Å². The summed E-state index contributed by atoms with van der Waals surface area (Å²) < 4.78 is 10.5. The number of carbonyl (C=O) groups excluding carboxylic acids is 4. The maximum absolute atomic E-state index is 12.8. The first-order valence-corrected chi connectivity index (χ1v) is 9.72. The lowest BCUT2D eigenvalue weighted by Crippen LogP contribution is -2.28. The van der Waals surface area contributed by atoms with Crippen molar-refractivity contribution >= 4 is 35.1 Å². The molecule has 1 fully saturated rings. The van der Waals surface area contributed by atoms with Crippen LogP contribution in [0.3, 0.4) is 0 Å². The predicted octanol–water partition coefficient (Wildman–Crippen LogP) is 3.27.